The standard InChI is InChI=1S/C15H18N4O/c1-3-11-5-7-12(8-6-11)19-15(20)13-9-18-14(10-17-13)16-4-2/h5-10H,3-4H2,1-2H3,(H,16,18)(H,19,20). The monoisotopic (exact) mass is 270 g/mol. The summed E-state index contributed by atoms with van der Waals surface area (Å²) in [5.41, 5.74) is 2.29. The molecule has 0 unspecified atom stereocenters. The Kier molecular flexibility index (Phi) is 4.65. The molecule has 2 rings (SSSR count). The third-order valence-corrected chi connectivity index (χ3v) is 2.86. The maximum Gasteiger partial charge on any atom is 0.275 e. The van der Waals surface area contributed by atoms with Crippen LogP contribution in [0.4, 0.5) is 11.5 Å². The molecule has 1 amide bonds. The minimum absolute atomic E-state index is 0.259. The van der Waals surface area contributed by atoms with E-state index >= 15 is 0 Å². The molecule has 5 heteroatoms. The molecule has 0 aliphatic carbocycles. The van der Waals surface area contributed by atoms with E-state index in [1.54, 1.807) is 6.20 Å². The van der Waals surface area contributed by atoms with E-state index in [9.17, 15) is 4.79 Å². The maximum atomic E-state index is 12.0. The van der Waals surface area contributed by atoms with E-state index in [2.05, 4.69) is 27.5 Å². The van der Waals surface area contributed by atoms with Gasteiger partial charge >= 0.3 is 0 Å². The molecule has 0 spiro atoms. The number of amides is 1. The molecule has 0 atom stereocenters. The predicted octanol–water partition coefficient (Wildman–Crippen LogP) is 2.72. The number of hydrogen-bond acceptors (Lipinski definition) is 4. The molecule has 5 nitrogen and oxygen atoms in total. The molecule has 0 aliphatic rings. The molecule has 1 heterocycles. The molecule has 1 aromatic heterocycles. The van der Waals surface area contributed by atoms with Crippen LogP contribution in [0.1, 0.15) is 29.9 Å². The van der Waals surface area contributed by atoms with Crippen molar-refractivity contribution in [2.75, 3.05) is 17.2 Å². The van der Waals surface area contributed by atoms with Gasteiger partial charge in [0.05, 0.1) is 12.4 Å². The number of rotatable bonds is 5. The molecule has 0 aliphatic heterocycles. The number of aryl methyl sites for hydroxylation is 1. The van der Waals surface area contributed by atoms with Gasteiger partial charge in [0.1, 0.15) is 11.5 Å². The molecular formula is C15H18N4O. The van der Waals surface area contributed by atoms with Crippen LogP contribution >= 0.6 is 0 Å². The summed E-state index contributed by atoms with van der Waals surface area (Å²) in [7, 11) is 0. The number of carbonyl (C=O) groups excluding carboxylic acids is 1. The van der Waals surface area contributed by atoms with Gasteiger partial charge in [-0.25, -0.2) is 9.97 Å². The normalized spacial score (nSPS) is 10.1. The van der Waals surface area contributed by atoms with Crippen LogP contribution in [-0.2, 0) is 6.42 Å². The van der Waals surface area contributed by atoms with Gasteiger partial charge in [-0.05, 0) is 31.0 Å². The first-order valence-electron chi connectivity index (χ1n) is 6.69. The summed E-state index contributed by atoms with van der Waals surface area (Å²) in [5, 5.41) is 5.83. The first-order chi connectivity index (χ1) is 9.72. The predicted molar refractivity (Wildman–Crippen MR) is 80.0 cm³/mol. The molecule has 0 saturated carbocycles. The first-order valence-corrected chi connectivity index (χ1v) is 6.69. The van der Waals surface area contributed by atoms with Gasteiger partial charge in [0.15, 0.2) is 0 Å². The summed E-state index contributed by atoms with van der Waals surface area (Å²) in [6.45, 7) is 4.83. The van der Waals surface area contributed by atoms with Gasteiger partial charge in [0.25, 0.3) is 5.91 Å². The van der Waals surface area contributed by atoms with Crippen molar-refractivity contribution in [1.29, 1.82) is 0 Å². The molecule has 0 radical (unpaired) electrons. The molecule has 1 aromatic carbocycles. The molecule has 0 bridgehead atoms. The van der Waals surface area contributed by atoms with E-state index in [1.165, 1.54) is 11.8 Å². The second-order valence-electron chi connectivity index (χ2n) is 4.32. The van der Waals surface area contributed by atoms with Gasteiger partial charge in [0.2, 0.25) is 0 Å². The summed E-state index contributed by atoms with van der Waals surface area (Å²) in [6.07, 6.45) is 4.00. The van der Waals surface area contributed by atoms with Crippen molar-refractivity contribution in [2.45, 2.75) is 20.3 Å². The van der Waals surface area contributed by atoms with Gasteiger partial charge < -0.3 is 10.6 Å². The Labute approximate surface area is 118 Å². The van der Waals surface area contributed by atoms with E-state index in [-0.39, 0.29) is 5.91 Å². The second-order valence-corrected chi connectivity index (χ2v) is 4.32. The number of nitrogens with one attached hydrogen (secondary N) is 2. The summed E-state index contributed by atoms with van der Waals surface area (Å²) >= 11 is 0. The van der Waals surface area contributed by atoms with E-state index < -0.39 is 0 Å². The highest BCUT2D eigenvalue weighted by Gasteiger charge is 2.08. The van der Waals surface area contributed by atoms with E-state index in [4.69, 9.17) is 0 Å². The van der Waals surface area contributed by atoms with Crippen LogP contribution in [0.5, 0.6) is 0 Å². The van der Waals surface area contributed by atoms with Crippen LogP contribution in [0.3, 0.4) is 0 Å². The van der Waals surface area contributed by atoms with Crippen molar-refractivity contribution >= 4 is 17.4 Å². The Bertz CT molecular complexity index is 563. The van der Waals surface area contributed by atoms with Gasteiger partial charge in [0, 0.05) is 12.2 Å². The van der Waals surface area contributed by atoms with E-state index in [1.807, 2.05) is 31.2 Å². The Balaban J connectivity index is 2.03. The number of hydrogen-bond donors (Lipinski definition) is 2. The number of nitrogens with zero attached hydrogens (tertiary/aromatic N) is 2. The molecule has 0 fully saturated rings. The number of aromatic nitrogens is 2. The van der Waals surface area contributed by atoms with Crippen LogP contribution in [0, 0.1) is 0 Å². The van der Waals surface area contributed by atoms with Crippen LogP contribution in [-0.4, -0.2) is 22.4 Å². The van der Waals surface area contributed by atoms with Crippen LogP contribution in [0.15, 0.2) is 36.7 Å². The lowest BCUT2D eigenvalue weighted by atomic mass is 10.1. The Morgan fingerprint density at radius 1 is 1.10 bits per heavy atom. The van der Waals surface area contributed by atoms with Crippen molar-refractivity contribution in [3.05, 3.63) is 47.9 Å². The van der Waals surface area contributed by atoms with E-state index in [0.717, 1.165) is 18.7 Å². The minimum Gasteiger partial charge on any atom is -0.369 e. The molecular weight excluding hydrogens is 252 g/mol. The van der Waals surface area contributed by atoms with Gasteiger partial charge in [-0.1, -0.05) is 19.1 Å². The fraction of sp³-hybridized carbons (Fsp3) is 0.267. The van der Waals surface area contributed by atoms with Gasteiger partial charge in [-0.3, -0.25) is 4.79 Å². The average Bonchev–Trinajstić information content (AvgIpc) is 2.49. The molecule has 2 N–H and O–H groups in total. The fourth-order valence-corrected chi connectivity index (χ4v) is 1.74. The molecule has 0 saturated heterocycles. The second kappa shape index (κ2) is 6.65. The van der Waals surface area contributed by atoms with Crippen LogP contribution in [0.25, 0.3) is 0 Å². The van der Waals surface area contributed by atoms with Crippen molar-refractivity contribution in [3.63, 3.8) is 0 Å². The van der Waals surface area contributed by atoms with Crippen molar-refractivity contribution in [1.82, 2.24) is 9.97 Å². The van der Waals surface area contributed by atoms with Crippen molar-refractivity contribution in [2.24, 2.45) is 0 Å². The van der Waals surface area contributed by atoms with Crippen molar-refractivity contribution in [3.8, 4) is 0 Å². The summed E-state index contributed by atoms with van der Waals surface area (Å²) in [5.74, 6) is 0.404. The zero-order chi connectivity index (χ0) is 14.4. The molecule has 104 valence electrons. The third-order valence-electron chi connectivity index (χ3n) is 2.86. The Morgan fingerprint density at radius 3 is 2.40 bits per heavy atom. The van der Waals surface area contributed by atoms with Crippen molar-refractivity contribution < 1.29 is 4.79 Å². The highest BCUT2D eigenvalue weighted by Crippen LogP contribution is 2.11. The largest absolute Gasteiger partial charge is 0.369 e. The number of carbonyl (C=O) groups is 1. The lowest BCUT2D eigenvalue weighted by molar-refractivity contribution is 0.102. The Hall–Kier alpha value is -2.43. The van der Waals surface area contributed by atoms with Crippen LogP contribution in [0.2, 0.25) is 0 Å². The quantitative estimate of drug-likeness (QED) is 0.876. The van der Waals surface area contributed by atoms with Gasteiger partial charge in [-0.15, -0.1) is 0 Å². The fourth-order valence-electron chi connectivity index (χ4n) is 1.74. The topological polar surface area (TPSA) is 66.9 Å². The number of benzene rings is 1. The zero-order valence-electron chi connectivity index (χ0n) is 11.7. The first kappa shape index (κ1) is 14.0. The maximum absolute atomic E-state index is 12.0. The molecule has 2 aromatic rings. The highest BCUT2D eigenvalue weighted by atomic mass is 16.1. The molecule has 20 heavy (non-hydrogen) atoms. The average molecular weight is 270 g/mol. The zero-order valence-corrected chi connectivity index (χ0v) is 11.7. The number of anilines is 2. The minimum atomic E-state index is -0.259. The third kappa shape index (κ3) is 3.54. The van der Waals surface area contributed by atoms with E-state index in [0.29, 0.717) is 11.5 Å². The lowest BCUT2D eigenvalue weighted by Gasteiger charge is -2.06. The summed E-state index contributed by atoms with van der Waals surface area (Å²) < 4.78 is 0. The highest BCUT2D eigenvalue weighted by molar-refractivity contribution is 6.02. The van der Waals surface area contributed by atoms with Gasteiger partial charge in [-0.2, -0.15) is 0 Å². The lowest BCUT2D eigenvalue weighted by Crippen LogP contribution is -2.14. The summed E-state index contributed by atoms with van der Waals surface area (Å²) in [4.78, 5) is 20.2. The SMILES string of the molecule is CCNc1cnc(C(=O)Nc2ccc(CC)cc2)cn1. The smallest absolute Gasteiger partial charge is 0.275 e. The van der Waals surface area contributed by atoms with Crippen LogP contribution < -0.4 is 10.6 Å². The summed E-state index contributed by atoms with van der Waals surface area (Å²) in [6, 6.07) is 7.76. The Morgan fingerprint density at radius 2 is 1.85 bits per heavy atom.